The van der Waals surface area contributed by atoms with Crippen molar-refractivity contribution in [3.63, 3.8) is 0 Å². The van der Waals surface area contributed by atoms with Crippen molar-refractivity contribution in [1.29, 1.82) is 5.26 Å². The van der Waals surface area contributed by atoms with Crippen molar-refractivity contribution in [3.8, 4) is 11.8 Å². The molecule has 0 amide bonds. The van der Waals surface area contributed by atoms with Crippen molar-refractivity contribution < 1.29 is 9.47 Å². The second kappa shape index (κ2) is 6.86. The maximum atomic E-state index is 8.92. The smallest absolute Gasteiger partial charge is 0.140 e. The Hall–Kier alpha value is -1.53. The minimum absolute atomic E-state index is 0.486. The summed E-state index contributed by atoms with van der Waals surface area (Å²) in [5.41, 5.74) is 1.56. The second-order valence-electron chi connectivity index (χ2n) is 3.52. The maximum absolute atomic E-state index is 8.92. The molecule has 0 unspecified atom stereocenters. The van der Waals surface area contributed by atoms with E-state index < -0.39 is 0 Å². The van der Waals surface area contributed by atoms with Crippen molar-refractivity contribution in [3.05, 3.63) is 29.3 Å². The van der Waals surface area contributed by atoms with Crippen molar-refractivity contribution in [2.45, 2.75) is 20.3 Å². The van der Waals surface area contributed by atoms with Crippen LogP contribution in [0.2, 0.25) is 0 Å². The SMILES string of the molecule is CCCOCCOc1c(C)cccc1C#N. The highest BCUT2D eigenvalue weighted by Crippen LogP contribution is 2.22. The van der Waals surface area contributed by atoms with Crippen LogP contribution in [0.25, 0.3) is 0 Å². The lowest BCUT2D eigenvalue weighted by molar-refractivity contribution is 0.100. The summed E-state index contributed by atoms with van der Waals surface area (Å²) in [6.07, 6.45) is 1.01. The Morgan fingerprint density at radius 2 is 2.06 bits per heavy atom. The molecule has 0 bridgehead atoms. The summed E-state index contributed by atoms with van der Waals surface area (Å²) < 4.78 is 10.9. The van der Waals surface area contributed by atoms with Crippen LogP contribution in [0.5, 0.6) is 5.75 Å². The van der Waals surface area contributed by atoms with E-state index in [9.17, 15) is 0 Å². The van der Waals surface area contributed by atoms with Crippen LogP contribution >= 0.6 is 0 Å². The molecule has 0 saturated heterocycles. The molecule has 0 spiro atoms. The van der Waals surface area contributed by atoms with E-state index in [-0.39, 0.29) is 0 Å². The van der Waals surface area contributed by atoms with Gasteiger partial charge in [0.25, 0.3) is 0 Å². The molecule has 1 rings (SSSR count). The van der Waals surface area contributed by atoms with Gasteiger partial charge < -0.3 is 9.47 Å². The molecule has 0 atom stereocenters. The summed E-state index contributed by atoms with van der Waals surface area (Å²) in [5, 5.41) is 8.92. The Morgan fingerprint density at radius 1 is 1.25 bits per heavy atom. The fourth-order valence-corrected chi connectivity index (χ4v) is 1.38. The summed E-state index contributed by atoms with van der Waals surface area (Å²) in [5.74, 6) is 0.671. The number of benzene rings is 1. The number of ether oxygens (including phenoxy) is 2. The van der Waals surface area contributed by atoms with E-state index in [1.165, 1.54) is 0 Å². The minimum atomic E-state index is 0.486. The van der Waals surface area contributed by atoms with Gasteiger partial charge in [0.1, 0.15) is 18.4 Å². The molecule has 0 aromatic heterocycles. The van der Waals surface area contributed by atoms with Crippen molar-refractivity contribution in [2.24, 2.45) is 0 Å². The van der Waals surface area contributed by atoms with Crippen LogP contribution in [0.15, 0.2) is 18.2 Å². The highest BCUT2D eigenvalue weighted by Gasteiger charge is 2.05. The Labute approximate surface area is 96.6 Å². The molecule has 86 valence electrons. The summed E-state index contributed by atoms with van der Waals surface area (Å²) in [4.78, 5) is 0. The van der Waals surface area contributed by atoms with Crippen LogP contribution in [0.3, 0.4) is 0 Å². The zero-order valence-corrected chi connectivity index (χ0v) is 9.82. The molecule has 16 heavy (non-hydrogen) atoms. The third-order valence-electron chi connectivity index (χ3n) is 2.15. The average molecular weight is 219 g/mol. The summed E-state index contributed by atoms with van der Waals surface area (Å²) in [6.45, 7) is 5.80. The first kappa shape index (κ1) is 12.5. The molecular formula is C13H17NO2. The first-order valence-corrected chi connectivity index (χ1v) is 5.49. The zero-order valence-electron chi connectivity index (χ0n) is 9.82. The van der Waals surface area contributed by atoms with Crippen molar-refractivity contribution >= 4 is 0 Å². The number of nitrogens with zero attached hydrogens (tertiary/aromatic N) is 1. The van der Waals surface area contributed by atoms with Crippen molar-refractivity contribution in [2.75, 3.05) is 19.8 Å². The summed E-state index contributed by atoms with van der Waals surface area (Å²) >= 11 is 0. The molecule has 1 aromatic rings. The van der Waals surface area contributed by atoms with Gasteiger partial charge in [0.15, 0.2) is 0 Å². The topological polar surface area (TPSA) is 42.2 Å². The van der Waals surface area contributed by atoms with Gasteiger partial charge in [-0.1, -0.05) is 19.1 Å². The van der Waals surface area contributed by atoms with Crippen LogP contribution in [-0.4, -0.2) is 19.8 Å². The molecule has 0 aliphatic carbocycles. The minimum Gasteiger partial charge on any atom is -0.490 e. The van der Waals surface area contributed by atoms with Gasteiger partial charge in [-0.05, 0) is 25.0 Å². The number of aryl methyl sites for hydroxylation is 1. The van der Waals surface area contributed by atoms with E-state index in [0.29, 0.717) is 24.5 Å². The van der Waals surface area contributed by atoms with Crippen LogP contribution in [0.4, 0.5) is 0 Å². The molecule has 0 aliphatic rings. The Bertz CT molecular complexity index is 369. The van der Waals surface area contributed by atoms with Crippen LogP contribution in [-0.2, 0) is 4.74 Å². The molecule has 0 fully saturated rings. The van der Waals surface area contributed by atoms with Crippen LogP contribution in [0, 0.1) is 18.3 Å². The van der Waals surface area contributed by atoms with Gasteiger partial charge >= 0.3 is 0 Å². The first-order valence-electron chi connectivity index (χ1n) is 5.49. The van der Waals surface area contributed by atoms with Crippen LogP contribution in [0.1, 0.15) is 24.5 Å². The number of hydrogen-bond donors (Lipinski definition) is 0. The highest BCUT2D eigenvalue weighted by atomic mass is 16.5. The normalized spacial score (nSPS) is 9.81. The average Bonchev–Trinajstić information content (AvgIpc) is 2.30. The first-order chi connectivity index (χ1) is 7.79. The van der Waals surface area contributed by atoms with E-state index in [2.05, 4.69) is 13.0 Å². The van der Waals surface area contributed by atoms with E-state index in [4.69, 9.17) is 14.7 Å². The molecule has 0 aliphatic heterocycles. The molecule has 3 heteroatoms. The summed E-state index contributed by atoms with van der Waals surface area (Å²) in [7, 11) is 0. The quantitative estimate of drug-likeness (QED) is 0.691. The Kier molecular flexibility index (Phi) is 5.38. The van der Waals surface area contributed by atoms with Gasteiger partial charge in [0.05, 0.1) is 12.2 Å². The largest absolute Gasteiger partial charge is 0.490 e. The van der Waals surface area contributed by atoms with Gasteiger partial charge in [-0.15, -0.1) is 0 Å². The molecule has 0 N–H and O–H groups in total. The molecule has 1 aromatic carbocycles. The lowest BCUT2D eigenvalue weighted by Crippen LogP contribution is -2.08. The second-order valence-corrected chi connectivity index (χ2v) is 3.52. The van der Waals surface area contributed by atoms with Gasteiger partial charge in [-0.2, -0.15) is 5.26 Å². The fourth-order valence-electron chi connectivity index (χ4n) is 1.38. The standard InChI is InChI=1S/C13H17NO2/c1-3-7-15-8-9-16-13-11(2)5-4-6-12(13)10-14/h4-6H,3,7-9H2,1-2H3. The van der Waals surface area contributed by atoms with Crippen LogP contribution < -0.4 is 4.74 Å². The van der Waals surface area contributed by atoms with Gasteiger partial charge in [-0.25, -0.2) is 0 Å². The van der Waals surface area contributed by atoms with E-state index in [1.807, 2.05) is 19.1 Å². The highest BCUT2D eigenvalue weighted by molar-refractivity contribution is 5.47. The zero-order chi connectivity index (χ0) is 11.8. The predicted molar refractivity (Wildman–Crippen MR) is 62.5 cm³/mol. The van der Waals surface area contributed by atoms with E-state index in [1.54, 1.807) is 6.07 Å². The fraction of sp³-hybridized carbons (Fsp3) is 0.462. The maximum Gasteiger partial charge on any atom is 0.140 e. The van der Waals surface area contributed by atoms with Gasteiger partial charge in [0.2, 0.25) is 0 Å². The van der Waals surface area contributed by atoms with E-state index in [0.717, 1.165) is 18.6 Å². The van der Waals surface area contributed by atoms with Crippen molar-refractivity contribution in [1.82, 2.24) is 0 Å². The predicted octanol–water partition coefficient (Wildman–Crippen LogP) is 2.67. The molecule has 0 heterocycles. The number of hydrogen-bond acceptors (Lipinski definition) is 3. The number of nitriles is 1. The lowest BCUT2D eigenvalue weighted by atomic mass is 10.1. The number of rotatable bonds is 6. The molecule has 0 radical (unpaired) electrons. The van der Waals surface area contributed by atoms with E-state index >= 15 is 0 Å². The molecule has 0 saturated carbocycles. The number of para-hydroxylation sites is 1. The molecular weight excluding hydrogens is 202 g/mol. The Balaban J connectivity index is 2.50. The van der Waals surface area contributed by atoms with Gasteiger partial charge in [0, 0.05) is 6.61 Å². The third-order valence-corrected chi connectivity index (χ3v) is 2.15. The monoisotopic (exact) mass is 219 g/mol. The summed E-state index contributed by atoms with van der Waals surface area (Å²) in [6, 6.07) is 7.67. The molecule has 3 nitrogen and oxygen atoms in total. The van der Waals surface area contributed by atoms with Gasteiger partial charge in [-0.3, -0.25) is 0 Å². The Morgan fingerprint density at radius 3 is 2.75 bits per heavy atom. The lowest BCUT2D eigenvalue weighted by Gasteiger charge is -2.10. The third kappa shape index (κ3) is 3.56.